The molecule has 194 valence electrons. The van der Waals surface area contributed by atoms with Crippen molar-refractivity contribution < 1.29 is 14.3 Å². The minimum Gasteiger partial charge on any atom is -0.361 e. The van der Waals surface area contributed by atoms with Gasteiger partial charge in [-0.3, -0.25) is 14.5 Å². The number of nitrogens with zero attached hydrogens (tertiary/aromatic N) is 2. The Kier molecular flexibility index (Phi) is 15.4. The highest BCUT2D eigenvalue weighted by Gasteiger charge is 2.20. The Bertz CT molecular complexity index is 869. The summed E-state index contributed by atoms with van der Waals surface area (Å²) < 4.78 is 5.66. The maximum atomic E-state index is 12.2. The maximum Gasteiger partial charge on any atom is 0.243 e. The van der Waals surface area contributed by atoms with Gasteiger partial charge in [-0.25, -0.2) is 0 Å². The Labute approximate surface area is 221 Å². The summed E-state index contributed by atoms with van der Waals surface area (Å²) >= 11 is 11.3. The van der Waals surface area contributed by atoms with Crippen LogP contribution in [0.25, 0.3) is 0 Å². The topological polar surface area (TPSA) is 49.9 Å². The van der Waals surface area contributed by atoms with Crippen molar-refractivity contribution in [2.24, 2.45) is 0 Å². The van der Waals surface area contributed by atoms with Gasteiger partial charge in [0.2, 0.25) is 11.8 Å². The molecule has 0 aliphatic rings. The van der Waals surface area contributed by atoms with Crippen LogP contribution in [0.1, 0.15) is 58.6 Å². The van der Waals surface area contributed by atoms with E-state index in [1.807, 2.05) is 50.2 Å². The number of ether oxygens (including phenoxy) is 1. The lowest BCUT2D eigenvalue weighted by atomic mass is 10.0. The lowest BCUT2D eigenvalue weighted by Gasteiger charge is -2.26. The third-order valence-corrected chi connectivity index (χ3v) is 5.90. The predicted octanol–water partition coefficient (Wildman–Crippen LogP) is 6.82. The summed E-state index contributed by atoms with van der Waals surface area (Å²) in [7, 11) is 0. The van der Waals surface area contributed by atoms with Crippen LogP contribution in [0.15, 0.2) is 48.5 Å². The van der Waals surface area contributed by atoms with E-state index in [9.17, 15) is 9.59 Å². The first-order valence-corrected chi connectivity index (χ1v) is 13.4. The van der Waals surface area contributed by atoms with Crippen molar-refractivity contribution in [3.8, 4) is 0 Å². The number of carbonyl (C=O) groups is 2. The van der Waals surface area contributed by atoms with E-state index in [2.05, 4.69) is 32.9 Å². The lowest BCUT2D eigenvalue weighted by molar-refractivity contribution is -0.118. The Hall–Kier alpha value is -2.08. The van der Waals surface area contributed by atoms with E-state index in [-0.39, 0.29) is 36.3 Å². The quantitative estimate of drug-likeness (QED) is 0.174. The van der Waals surface area contributed by atoms with Gasteiger partial charge in [-0.05, 0) is 56.4 Å². The van der Waals surface area contributed by atoms with E-state index in [1.165, 1.54) is 0 Å². The second-order valence-electron chi connectivity index (χ2n) is 8.30. The van der Waals surface area contributed by atoms with E-state index in [0.29, 0.717) is 6.61 Å². The standard InChI is InChI=1S/C17H26ClNO2.C11H14ClNO/c1-4-7-11-21-13-19(16(20)12-18)17-14(5-2)9-8-10-15(17)6-3;1-9(2)13(11(14)8-12)10-6-4-3-5-7-10/h8-10H,4-7,11-13H2,1-3H3;3-7,9H,8H2,1-2H3. The van der Waals surface area contributed by atoms with Gasteiger partial charge in [0.25, 0.3) is 0 Å². The minimum absolute atomic E-state index is 0.0209. The van der Waals surface area contributed by atoms with Gasteiger partial charge in [-0.1, -0.05) is 63.6 Å². The number of aryl methyl sites for hydroxylation is 2. The SMILES string of the molecule is CC(C)N(C(=O)CCl)c1ccccc1.CCCCOCN(C(=O)CCl)c1c(CC)cccc1CC. The molecule has 0 bridgehead atoms. The van der Waals surface area contributed by atoms with Crippen LogP contribution in [-0.2, 0) is 27.2 Å². The minimum atomic E-state index is -0.108. The molecule has 2 aromatic carbocycles. The lowest BCUT2D eigenvalue weighted by Crippen LogP contribution is -2.37. The molecular weight excluding hydrogens is 483 g/mol. The molecular formula is C28H40Cl2N2O3. The number of unbranched alkanes of at least 4 members (excludes halogenated alkanes) is 1. The van der Waals surface area contributed by atoms with Gasteiger partial charge in [0.15, 0.2) is 0 Å². The first kappa shape index (κ1) is 31.0. The molecule has 0 N–H and O–H groups in total. The molecule has 2 amide bonds. The highest BCUT2D eigenvalue weighted by Crippen LogP contribution is 2.27. The largest absolute Gasteiger partial charge is 0.361 e. The summed E-state index contributed by atoms with van der Waals surface area (Å²) in [6.07, 6.45) is 3.84. The smallest absolute Gasteiger partial charge is 0.243 e. The summed E-state index contributed by atoms with van der Waals surface area (Å²) in [5, 5.41) is 0. The van der Waals surface area contributed by atoms with Crippen LogP contribution in [0.4, 0.5) is 11.4 Å². The molecule has 0 fully saturated rings. The third-order valence-electron chi connectivity index (χ3n) is 5.45. The number of benzene rings is 2. The van der Waals surface area contributed by atoms with Crippen LogP contribution in [-0.4, -0.2) is 43.0 Å². The molecule has 5 nitrogen and oxygen atoms in total. The zero-order valence-electron chi connectivity index (χ0n) is 21.7. The molecule has 0 aromatic heterocycles. The Morgan fingerprint density at radius 3 is 1.89 bits per heavy atom. The third kappa shape index (κ3) is 9.83. The number of amides is 2. The van der Waals surface area contributed by atoms with Gasteiger partial charge < -0.3 is 9.64 Å². The van der Waals surface area contributed by atoms with Crippen molar-refractivity contribution in [1.82, 2.24) is 0 Å². The van der Waals surface area contributed by atoms with Crippen LogP contribution in [0, 0.1) is 0 Å². The molecule has 0 saturated heterocycles. The Balaban J connectivity index is 0.000000379. The van der Waals surface area contributed by atoms with E-state index in [1.54, 1.807) is 9.80 Å². The van der Waals surface area contributed by atoms with Crippen molar-refractivity contribution in [1.29, 1.82) is 0 Å². The van der Waals surface area contributed by atoms with Gasteiger partial charge in [-0.2, -0.15) is 0 Å². The van der Waals surface area contributed by atoms with Crippen molar-refractivity contribution in [3.05, 3.63) is 59.7 Å². The molecule has 0 atom stereocenters. The van der Waals surface area contributed by atoms with Crippen LogP contribution in [0.5, 0.6) is 0 Å². The summed E-state index contributed by atoms with van der Waals surface area (Å²) in [5.41, 5.74) is 4.19. The predicted molar refractivity (Wildman–Crippen MR) is 149 cm³/mol. The number of alkyl halides is 2. The number of hydrogen-bond acceptors (Lipinski definition) is 3. The number of halogens is 2. The summed E-state index contributed by atoms with van der Waals surface area (Å²) in [5.74, 6) is -0.178. The van der Waals surface area contributed by atoms with Crippen molar-refractivity contribution >= 4 is 46.4 Å². The zero-order chi connectivity index (χ0) is 26.2. The van der Waals surface area contributed by atoms with Gasteiger partial charge in [0.05, 0.1) is 5.69 Å². The van der Waals surface area contributed by atoms with Gasteiger partial charge in [-0.15, -0.1) is 23.2 Å². The fourth-order valence-electron chi connectivity index (χ4n) is 3.68. The van der Waals surface area contributed by atoms with Crippen LogP contribution < -0.4 is 9.80 Å². The maximum absolute atomic E-state index is 12.2. The second kappa shape index (κ2) is 17.4. The molecule has 0 heterocycles. The molecule has 2 aromatic rings. The molecule has 0 spiro atoms. The van der Waals surface area contributed by atoms with Crippen LogP contribution in [0.3, 0.4) is 0 Å². The van der Waals surface area contributed by atoms with E-state index >= 15 is 0 Å². The number of hydrogen-bond donors (Lipinski definition) is 0. The molecule has 7 heteroatoms. The second-order valence-corrected chi connectivity index (χ2v) is 8.84. The number of rotatable bonds is 12. The van der Waals surface area contributed by atoms with Gasteiger partial charge in [0, 0.05) is 18.3 Å². The van der Waals surface area contributed by atoms with Crippen LogP contribution >= 0.6 is 23.2 Å². The fourth-order valence-corrected chi connectivity index (χ4v) is 3.95. The molecule has 0 radical (unpaired) electrons. The fraction of sp³-hybridized carbons (Fsp3) is 0.500. The van der Waals surface area contributed by atoms with Crippen molar-refractivity contribution in [2.75, 3.05) is 34.9 Å². The van der Waals surface area contributed by atoms with Crippen molar-refractivity contribution in [2.45, 2.75) is 66.3 Å². The van der Waals surface area contributed by atoms with E-state index in [4.69, 9.17) is 27.9 Å². The molecule has 0 aliphatic carbocycles. The number of carbonyl (C=O) groups excluding carboxylic acids is 2. The number of anilines is 2. The molecule has 0 saturated carbocycles. The monoisotopic (exact) mass is 522 g/mol. The Morgan fingerprint density at radius 1 is 0.857 bits per heavy atom. The molecule has 0 aliphatic heterocycles. The highest BCUT2D eigenvalue weighted by molar-refractivity contribution is 6.29. The summed E-state index contributed by atoms with van der Waals surface area (Å²) in [4.78, 5) is 27.2. The first-order chi connectivity index (χ1) is 16.9. The molecule has 2 rings (SSSR count). The normalized spacial score (nSPS) is 10.5. The Morgan fingerprint density at radius 2 is 1.43 bits per heavy atom. The first-order valence-electron chi connectivity index (χ1n) is 12.3. The molecule has 0 unspecified atom stereocenters. The average molecular weight is 524 g/mol. The van der Waals surface area contributed by atoms with E-state index in [0.717, 1.165) is 48.2 Å². The van der Waals surface area contributed by atoms with Crippen molar-refractivity contribution in [3.63, 3.8) is 0 Å². The average Bonchev–Trinajstić information content (AvgIpc) is 2.88. The van der Waals surface area contributed by atoms with Gasteiger partial charge >= 0.3 is 0 Å². The van der Waals surface area contributed by atoms with Crippen LogP contribution in [0.2, 0.25) is 0 Å². The molecule has 35 heavy (non-hydrogen) atoms. The van der Waals surface area contributed by atoms with Gasteiger partial charge in [0.1, 0.15) is 18.5 Å². The number of para-hydroxylation sites is 2. The summed E-state index contributed by atoms with van der Waals surface area (Å²) in [6, 6.07) is 15.9. The van der Waals surface area contributed by atoms with E-state index < -0.39 is 0 Å². The zero-order valence-corrected chi connectivity index (χ0v) is 23.2. The highest BCUT2D eigenvalue weighted by atomic mass is 35.5. The summed E-state index contributed by atoms with van der Waals surface area (Å²) in [6.45, 7) is 11.2.